The van der Waals surface area contributed by atoms with Crippen LogP contribution in [0.2, 0.25) is 0 Å². The van der Waals surface area contributed by atoms with Crippen molar-refractivity contribution in [2.24, 2.45) is 0 Å². The summed E-state index contributed by atoms with van der Waals surface area (Å²) in [6, 6.07) is 8.35. The highest BCUT2D eigenvalue weighted by molar-refractivity contribution is 6.25. The maximum Gasteiger partial charge on any atom is 0.417 e. The van der Waals surface area contributed by atoms with E-state index in [1.54, 1.807) is 30.1 Å². The van der Waals surface area contributed by atoms with Crippen molar-refractivity contribution < 1.29 is 41.9 Å². The van der Waals surface area contributed by atoms with E-state index in [4.69, 9.17) is 0 Å². The zero-order chi connectivity index (χ0) is 43.9. The van der Waals surface area contributed by atoms with Crippen molar-refractivity contribution in [3.05, 3.63) is 94.7 Å². The van der Waals surface area contributed by atoms with Crippen LogP contribution in [0.15, 0.2) is 61.1 Å². The molecule has 17 nitrogen and oxygen atoms in total. The smallest absolute Gasteiger partial charge is 0.387 e. The molecule has 2 aliphatic heterocycles. The average molecular weight is 852 g/mol. The highest BCUT2D eigenvalue weighted by Gasteiger charge is 2.46. The van der Waals surface area contributed by atoms with Gasteiger partial charge in [-0.25, -0.2) is 0 Å². The molecule has 3 aromatic heterocycles. The van der Waals surface area contributed by atoms with Gasteiger partial charge in [0.1, 0.15) is 17.4 Å². The third kappa shape index (κ3) is 8.26. The minimum Gasteiger partial charge on any atom is -0.387 e. The molecule has 62 heavy (non-hydrogen) atoms. The van der Waals surface area contributed by atoms with Gasteiger partial charge in [-0.2, -0.15) is 13.2 Å². The number of anilines is 2. The van der Waals surface area contributed by atoms with Crippen molar-refractivity contribution in [2.45, 2.75) is 76.3 Å². The van der Waals surface area contributed by atoms with Gasteiger partial charge in [0, 0.05) is 61.6 Å². The fraction of sp³-hybridized carbons (Fsp3) is 0.333. The van der Waals surface area contributed by atoms with Gasteiger partial charge in [-0.3, -0.25) is 53.6 Å². The lowest BCUT2D eigenvalue weighted by atomic mass is 9.96. The summed E-state index contributed by atoms with van der Waals surface area (Å²) >= 11 is 0. The highest BCUT2D eigenvalue weighted by Crippen LogP contribution is 2.41. The Bertz CT molecular complexity index is 2650. The maximum absolute atomic E-state index is 14.3. The number of benzene rings is 2. The van der Waals surface area contributed by atoms with Crippen LogP contribution in [0, 0.1) is 0 Å². The molecule has 6 amide bonds. The number of piperidine rings is 1. The number of carbonyl (C=O) groups is 6. The lowest BCUT2D eigenvalue weighted by molar-refractivity contribution is -0.137. The van der Waals surface area contributed by atoms with Gasteiger partial charge in [-0.1, -0.05) is 17.3 Å². The second-order valence-electron chi connectivity index (χ2n) is 15.3. The van der Waals surface area contributed by atoms with Gasteiger partial charge in [-0.15, -0.1) is 5.10 Å². The summed E-state index contributed by atoms with van der Waals surface area (Å²) in [4.78, 5) is 85.9. The van der Waals surface area contributed by atoms with Gasteiger partial charge in [0.2, 0.25) is 11.8 Å². The number of imide groups is 2. The molecule has 0 radical (unpaired) electrons. The average Bonchev–Trinajstić information content (AvgIpc) is 3.87. The molecular formula is C42H40F3N11O6. The van der Waals surface area contributed by atoms with Crippen LogP contribution in [0.4, 0.5) is 24.5 Å². The molecule has 2 fully saturated rings. The van der Waals surface area contributed by atoms with Crippen LogP contribution in [0.3, 0.4) is 0 Å². The number of hydrogen-bond donors (Lipinski definition) is 5. The Hall–Kier alpha value is -7.25. The number of fused-ring (bicyclic) bond motifs is 2. The number of amides is 6. The van der Waals surface area contributed by atoms with E-state index < -0.39 is 53.4 Å². The Morgan fingerprint density at radius 3 is 2.47 bits per heavy atom. The number of alkyl halides is 3. The van der Waals surface area contributed by atoms with E-state index in [1.165, 1.54) is 36.7 Å². The standard InChI is InChI=1S/C42H40F3N11O6/c1-21(50-29-7-5-6-24-35(29)41(62)56(40(24)61)33-12-13-34(57)52-39(33)60)32-20-55(54-53-32)15-4-3-14-47-38(59)30-11-8-22(18-48-30)25-16-26-31(17-28(25)42(43,44)45)49-19-27(36(26)46-2)37(58)51-23-9-10-23/h5-8,11,16-21,23,33,50H,3-4,9-10,12-15H2,1-2H3,(H,46,49)(H,47,59)(H,51,58)(H,52,57,60). The first-order valence-electron chi connectivity index (χ1n) is 20.0. The number of hydrogen-bond acceptors (Lipinski definition) is 12. The van der Waals surface area contributed by atoms with E-state index in [0.29, 0.717) is 41.8 Å². The maximum atomic E-state index is 14.3. The summed E-state index contributed by atoms with van der Waals surface area (Å²) in [7, 11) is 1.58. The molecule has 8 rings (SSSR count). The van der Waals surface area contributed by atoms with E-state index in [0.717, 1.165) is 23.8 Å². The number of carbonyl (C=O) groups excluding carboxylic acids is 6. The van der Waals surface area contributed by atoms with Crippen molar-refractivity contribution in [1.82, 2.24) is 45.8 Å². The number of aromatic nitrogens is 5. The molecule has 2 unspecified atom stereocenters. The summed E-state index contributed by atoms with van der Waals surface area (Å²) < 4.78 is 44.6. The lowest BCUT2D eigenvalue weighted by Crippen LogP contribution is -2.54. The van der Waals surface area contributed by atoms with Crippen molar-refractivity contribution in [3.63, 3.8) is 0 Å². The summed E-state index contributed by atoms with van der Waals surface area (Å²) in [5, 5.41) is 22.8. The first kappa shape index (κ1) is 41.5. The quantitative estimate of drug-likeness (QED) is 0.0763. The van der Waals surface area contributed by atoms with E-state index >= 15 is 0 Å². The topological polar surface area (TPSA) is 222 Å². The van der Waals surface area contributed by atoms with Crippen LogP contribution in [0.1, 0.15) is 104 Å². The van der Waals surface area contributed by atoms with Gasteiger partial charge < -0.3 is 21.3 Å². The number of rotatable bonds is 14. The van der Waals surface area contributed by atoms with Gasteiger partial charge in [0.15, 0.2) is 0 Å². The number of aryl methyl sites for hydroxylation is 1. The van der Waals surface area contributed by atoms with Crippen LogP contribution >= 0.6 is 0 Å². The Morgan fingerprint density at radius 1 is 0.952 bits per heavy atom. The fourth-order valence-electron chi connectivity index (χ4n) is 7.59. The number of halogens is 3. The fourth-order valence-corrected chi connectivity index (χ4v) is 7.59. The molecule has 2 atom stereocenters. The minimum absolute atomic E-state index is 0.0135. The third-order valence-electron chi connectivity index (χ3n) is 11.0. The van der Waals surface area contributed by atoms with Crippen LogP contribution in [0.25, 0.3) is 22.0 Å². The summed E-state index contributed by atoms with van der Waals surface area (Å²) in [5.74, 6) is -3.27. The second-order valence-corrected chi connectivity index (χ2v) is 15.3. The Morgan fingerprint density at radius 2 is 1.76 bits per heavy atom. The summed E-state index contributed by atoms with van der Waals surface area (Å²) in [5.41, 5.74) is 0.829. The largest absolute Gasteiger partial charge is 0.417 e. The zero-order valence-corrected chi connectivity index (χ0v) is 33.4. The molecule has 20 heteroatoms. The lowest BCUT2D eigenvalue weighted by Gasteiger charge is -2.27. The van der Waals surface area contributed by atoms with Crippen LogP contribution < -0.4 is 26.6 Å². The van der Waals surface area contributed by atoms with Crippen LogP contribution in [-0.4, -0.2) is 91.0 Å². The number of unbranched alkanes of at least 4 members (excludes halogenated alkanes) is 1. The summed E-state index contributed by atoms with van der Waals surface area (Å²) in [6.07, 6.45) is 2.41. The molecule has 320 valence electrons. The number of nitrogens with one attached hydrogen (secondary N) is 5. The van der Waals surface area contributed by atoms with Gasteiger partial charge in [0.25, 0.3) is 23.6 Å². The highest BCUT2D eigenvalue weighted by atomic mass is 19.4. The first-order chi connectivity index (χ1) is 29.7. The van der Waals surface area contributed by atoms with Crippen LogP contribution in [-0.2, 0) is 22.3 Å². The van der Waals surface area contributed by atoms with Crippen LogP contribution in [0.5, 0.6) is 0 Å². The molecule has 1 aliphatic carbocycles. The van der Waals surface area contributed by atoms with Crippen molar-refractivity contribution in [1.29, 1.82) is 0 Å². The second kappa shape index (κ2) is 16.7. The Kier molecular flexibility index (Phi) is 11.1. The molecular weight excluding hydrogens is 812 g/mol. The molecule has 0 bridgehead atoms. The first-order valence-corrected chi connectivity index (χ1v) is 20.0. The SMILES string of the molecule is CNc1c(C(=O)NC2CC2)cnc2cc(C(F)(F)F)c(-c3ccc(C(=O)NCCCCn4cc(C(C)Nc5cccc6c5C(=O)N(C5CCC(=O)NC5=O)C6=O)nn4)nc3)cc12. The zero-order valence-electron chi connectivity index (χ0n) is 33.4. The molecule has 1 saturated heterocycles. The molecule has 3 aliphatic rings. The predicted octanol–water partition coefficient (Wildman–Crippen LogP) is 4.63. The summed E-state index contributed by atoms with van der Waals surface area (Å²) in [6.45, 7) is 2.55. The number of pyridine rings is 2. The van der Waals surface area contributed by atoms with Gasteiger partial charge in [-0.05, 0) is 74.9 Å². The van der Waals surface area contributed by atoms with Gasteiger partial charge in [0.05, 0.1) is 45.7 Å². The molecule has 1 saturated carbocycles. The van der Waals surface area contributed by atoms with Gasteiger partial charge >= 0.3 is 6.18 Å². The molecule has 0 spiro atoms. The van der Waals surface area contributed by atoms with E-state index in [1.807, 2.05) is 6.92 Å². The Balaban J connectivity index is 0.856. The van der Waals surface area contributed by atoms with Crippen molar-refractivity contribution in [2.75, 3.05) is 24.2 Å². The third-order valence-corrected chi connectivity index (χ3v) is 11.0. The molecule has 5 aromatic rings. The van der Waals surface area contributed by atoms with E-state index in [9.17, 15) is 41.9 Å². The molecule has 5 heterocycles. The van der Waals surface area contributed by atoms with E-state index in [2.05, 4.69) is 46.9 Å². The molecule has 2 aromatic carbocycles. The van der Waals surface area contributed by atoms with Crippen molar-refractivity contribution in [3.8, 4) is 11.1 Å². The predicted molar refractivity (Wildman–Crippen MR) is 217 cm³/mol. The minimum atomic E-state index is -4.73. The van der Waals surface area contributed by atoms with E-state index in [-0.39, 0.29) is 70.4 Å². The number of nitrogens with zero attached hydrogens (tertiary/aromatic N) is 6. The normalized spacial score (nSPS) is 16.9. The monoisotopic (exact) mass is 851 g/mol. The van der Waals surface area contributed by atoms with Crippen molar-refractivity contribution >= 4 is 57.7 Å². The molecule has 5 N–H and O–H groups in total. The Labute approximate surface area is 351 Å².